The number of allylic oxidation sites excluding steroid dienone is 2. The van der Waals surface area contributed by atoms with Crippen molar-refractivity contribution in [2.45, 2.75) is 32.1 Å². The zero-order valence-electron chi connectivity index (χ0n) is 15.0. The summed E-state index contributed by atoms with van der Waals surface area (Å²) in [5.41, 5.74) is 2.39. The molecule has 2 rings (SSSR count). The number of ether oxygens (including phenoxy) is 2. The van der Waals surface area contributed by atoms with Crippen LogP contribution in [-0.4, -0.2) is 13.2 Å². The van der Waals surface area contributed by atoms with Crippen molar-refractivity contribution in [2.75, 3.05) is 13.2 Å². The van der Waals surface area contributed by atoms with Crippen LogP contribution >= 0.6 is 0 Å². The highest BCUT2D eigenvalue weighted by Gasteiger charge is 2.02. The van der Waals surface area contributed by atoms with Gasteiger partial charge in [-0.05, 0) is 55.4 Å². The number of rotatable bonds is 12. The van der Waals surface area contributed by atoms with Gasteiger partial charge < -0.3 is 9.47 Å². The molecule has 2 aromatic carbocycles. The fourth-order valence-corrected chi connectivity index (χ4v) is 2.68. The van der Waals surface area contributed by atoms with Gasteiger partial charge in [-0.1, -0.05) is 48.6 Å². The maximum absolute atomic E-state index is 5.91. The molecule has 25 heavy (non-hydrogen) atoms. The summed E-state index contributed by atoms with van der Waals surface area (Å²) in [6, 6.07) is 16.3. The van der Waals surface area contributed by atoms with Crippen LogP contribution in [-0.2, 0) is 12.8 Å². The molecular formula is C23H28O2. The van der Waals surface area contributed by atoms with E-state index in [1.165, 1.54) is 11.1 Å². The zero-order valence-corrected chi connectivity index (χ0v) is 15.0. The van der Waals surface area contributed by atoms with Gasteiger partial charge in [0.25, 0.3) is 0 Å². The lowest BCUT2D eigenvalue weighted by Gasteiger charge is -2.11. The minimum Gasteiger partial charge on any atom is -0.493 e. The molecule has 2 aromatic rings. The van der Waals surface area contributed by atoms with Crippen LogP contribution in [0.2, 0.25) is 0 Å². The molecule has 0 atom stereocenters. The van der Waals surface area contributed by atoms with Gasteiger partial charge in [0.2, 0.25) is 0 Å². The van der Waals surface area contributed by atoms with E-state index < -0.39 is 0 Å². The van der Waals surface area contributed by atoms with E-state index in [2.05, 4.69) is 25.3 Å². The minimum atomic E-state index is 0.737. The molecule has 0 aliphatic heterocycles. The lowest BCUT2D eigenvalue weighted by atomic mass is 10.1. The van der Waals surface area contributed by atoms with Crippen molar-refractivity contribution in [1.82, 2.24) is 0 Å². The van der Waals surface area contributed by atoms with Gasteiger partial charge in [-0.3, -0.25) is 0 Å². The third-order valence-corrected chi connectivity index (χ3v) is 3.98. The first-order chi connectivity index (χ1) is 12.3. The normalized spacial score (nSPS) is 10.2. The summed E-state index contributed by atoms with van der Waals surface area (Å²) in [6.07, 6.45) is 8.64. The summed E-state index contributed by atoms with van der Waals surface area (Å²) >= 11 is 0. The monoisotopic (exact) mass is 336 g/mol. The van der Waals surface area contributed by atoms with Crippen LogP contribution in [0, 0.1) is 0 Å². The van der Waals surface area contributed by atoms with E-state index in [9.17, 15) is 0 Å². The second-order valence-corrected chi connectivity index (χ2v) is 5.96. The Hall–Kier alpha value is -2.48. The molecule has 0 bridgehead atoms. The summed E-state index contributed by atoms with van der Waals surface area (Å²) in [4.78, 5) is 0. The van der Waals surface area contributed by atoms with E-state index in [0.717, 1.165) is 56.8 Å². The molecule has 0 radical (unpaired) electrons. The van der Waals surface area contributed by atoms with E-state index in [-0.39, 0.29) is 0 Å². The molecule has 2 heteroatoms. The van der Waals surface area contributed by atoms with Crippen molar-refractivity contribution in [1.29, 1.82) is 0 Å². The zero-order chi connectivity index (χ0) is 17.7. The quantitative estimate of drug-likeness (QED) is 0.362. The first-order valence-electron chi connectivity index (χ1n) is 8.98. The molecule has 0 aromatic heterocycles. The van der Waals surface area contributed by atoms with Crippen LogP contribution in [0.5, 0.6) is 11.5 Å². The van der Waals surface area contributed by atoms with Crippen LogP contribution in [0.3, 0.4) is 0 Å². The number of hydrogen-bond acceptors (Lipinski definition) is 2. The van der Waals surface area contributed by atoms with Gasteiger partial charge in [0.1, 0.15) is 11.5 Å². The Morgan fingerprint density at radius 3 is 1.52 bits per heavy atom. The number of unbranched alkanes of at least 4 members (excludes halogenated alkanes) is 2. The van der Waals surface area contributed by atoms with E-state index in [0.29, 0.717) is 0 Å². The minimum absolute atomic E-state index is 0.737. The van der Waals surface area contributed by atoms with Gasteiger partial charge >= 0.3 is 0 Å². The molecule has 0 fully saturated rings. The smallest absolute Gasteiger partial charge is 0.122 e. The van der Waals surface area contributed by atoms with Crippen molar-refractivity contribution < 1.29 is 9.47 Å². The Labute approximate surface area is 151 Å². The molecule has 2 nitrogen and oxygen atoms in total. The maximum atomic E-state index is 5.91. The van der Waals surface area contributed by atoms with Crippen molar-refractivity contribution in [3.63, 3.8) is 0 Å². The van der Waals surface area contributed by atoms with Gasteiger partial charge in [-0.2, -0.15) is 0 Å². The fraction of sp³-hybridized carbons (Fsp3) is 0.304. The van der Waals surface area contributed by atoms with Crippen LogP contribution in [0.4, 0.5) is 0 Å². The fourth-order valence-electron chi connectivity index (χ4n) is 2.68. The lowest BCUT2D eigenvalue weighted by molar-refractivity contribution is 0.277. The van der Waals surface area contributed by atoms with Gasteiger partial charge in [0.15, 0.2) is 0 Å². The Kier molecular flexibility index (Phi) is 8.40. The van der Waals surface area contributed by atoms with Crippen LogP contribution in [0.25, 0.3) is 0 Å². The molecule has 0 aliphatic rings. The van der Waals surface area contributed by atoms with Gasteiger partial charge in [0, 0.05) is 0 Å². The Morgan fingerprint density at radius 2 is 1.08 bits per heavy atom. The largest absolute Gasteiger partial charge is 0.493 e. The first-order valence-corrected chi connectivity index (χ1v) is 8.98. The highest BCUT2D eigenvalue weighted by molar-refractivity contribution is 5.35. The van der Waals surface area contributed by atoms with E-state index >= 15 is 0 Å². The molecule has 0 aliphatic carbocycles. The Morgan fingerprint density at radius 1 is 0.640 bits per heavy atom. The number of para-hydroxylation sites is 2. The highest BCUT2D eigenvalue weighted by Crippen LogP contribution is 2.20. The topological polar surface area (TPSA) is 18.5 Å². The molecule has 0 saturated carbocycles. The SMILES string of the molecule is C=CCc1ccccc1OCCCCCOc1ccccc1CC=C. The standard InChI is InChI=1S/C23H28O2/c1-3-12-20-14-6-8-16-22(20)24-18-10-5-11-19-25-23-17-9-7-15-21(23)13-4-2/h3-4,6-9,14-17H,1-2,5,10-13,18-19H2. The van der Waals surface area contributed by atoms with E-state index in [1.807, 2.05) is 48.6 Å². The summed E-state index contributed by atoms with van der Waals surface area (Å²) in [7, 11) is 0. The third-order valence-electron chi connectivity index (χ3n) is 3.98. The highest BCUT2D eigenvalue weighted by atomic mass is 16.5. The Balaban J connectivity index is 1.64. The average Bonchev–Trinajstić information content (AvgIpc) is 2.64. The molecule has 0 N–H and O–H groups in total. The van der Waals surface area contributed by atoms with Crippen LogP contribution in [0.1, 0.15) is 30.4 Å². The third kappa shape index (κ3) is 6.50. The molecule has 0 amide bonds. The second kappa shape index (κ2) is 11.1. The van der Waals surface area contributed by atoms with Crippen molar-refractivity contribution in [3.05, 3.63) is 85.0 Å². The van der Waals surface area contributed by atoms with Gasteiger partial charge in [0.05, 0.1) is 13.2 Å². The Bertz CT molecular complexity index is 603. The predicted molar refractivity (Wildman–Crippen MR) is 106 cm³/mol. The lowest BCUT2D eigenvalue weighted by Crippen LogP contribution is -2.03. The summed E-state index contributed by atoms with van der Waals surface area (Å²) < 4.78 is 11.8. The predicted octanol–water partition coefficient (Wildman–Crippen LogP) is 5.77. The second-order valence-electron chi connectivity index (χ2n) is 5.96. The van der Waals surface area contributed by atoms with Gasteiger partial charge in [-0.15, -0.1) is 13.2 Å². The molecule has 132 valence electrons. The van der Waals surface area contributed by atoms with Crippen molar-refractivity contribution in [2.24, 2.45) is 0 Å². The van der Waals surface area contributed by atoms with Gasteiger partial charge in [-0.25, -0.2) is 0 Å². The van der Waals surface area contributed by atoms with Crippen molar-refractivity contribution >= 4 is 0 Å². The van der Waals surface area contributed by atoms with Crippen LogP contribution < -0.4 is 9.47 Å². The number of benzene rings is 2. The first kappa shape index (κ1) is 18.9. The number of hydrogen-bond donors (Lipinski definition) is 0. The molecule has 0 saturated heterocycles. The maximum Gasteiger partial charge on any atom is 0.122 e. The van der Waals surface area contributed by atoms with Crippen LogP contribution in [0.15, 0.2) is 73.8 Å². The van der Waals surface area contributed by atoms with E-state index in [1.54, 1.807) is 0 Å². The average molecular weight is 336 g/mol. The summed E-state index contributed by atoms with van der Waals surface area (Å²) in [5.74, 6) is 1.94. The molecule has 0 unspecified atom stereocenters. The molecular weight excluding hydrogens is 308 g/mol. The van der Waals surface area contributed by atoms with Crippen molar-refractivity contribution in [3.8, 4) is 11.5 Å². The van der Waals surface area contributed by atoms with E-state index in [4.69, 9.17) is 9.47 Å². The molecule has 0 heterocycles. The molecule has 0 spiro atoms. The summed E-state index contributed by atoms with van der Waals surface area (Å²) in [5, 5.41) is 0. The summed E-state index contributed by atoms with van der Waals surface area (Å²) in [6.45, 7) is 9.06.